The normalized spacial score (nSPS) is 9.79. The van der Waals surface area contributed by atoms with Crippen LogP contribution in [-0.2, 0) is 0 Å². The van der Waals surface area contributed by atoms with E-state index in [4.69, 9.17) is 4.74 Å². The van der Waals surface area contributed by atoms with Crippen LogP contribution in [0, 0.1) is 10.1 Å². The highest BCUT2D eigenvalue weighted by molar-refractivity contribution is 5.45. The minimum absolute atomic E-state index is 0.00334. The molecule has 0 heterocycles. The zero-order chi connectivity index (χ0) is 10.4. The molecule has 1 rings (SSSR count). The molecule has 0 saturated heterocycles. The average molecular weight is 196 g/mol. The molecule has 5 heteroatoms. The van der Waals surface area contributed by atoms with Gasteiger partial charge in [-0.2, -0.15) is 0 Å². The summed E-state index contributed by atoms with van der Waals surface area (Å²) in [5, 5.41) is 13.5. The Balaban J connectivity index is 2.69. The fraction of sp³-hybridized carbons (Fsp3) is 0.333. The third kappa shape index (κ3) is 2.70. The van der Waals surface area contributed by atoms with E-state index in [-0.39, 0.29) is 5.69 Å². The van der Waals surface area contributed by atoms with E-state index in [1.807, 2.05) is 0 Å². The third-order valence-electron chi connectivity index (χ3n) is 1.67. The first kappa shape index (κ1) is 10.5. The number of hydrogen-bond acceptors (Lipinski definition) is 4. The van der Waals surface area contributed by atoms with Gasteiger partial charge in [0.15, 0.2) is 5.75 Å². The van der Waals surface area contributed by atoms with Crippen LogP contribution in [0.3, 0.4) is 0 Å². The number of nitro groups is 1. The van der Waals surface area contributed by atoms with Crippen molar-refractivity contribution in [3.63, 3.8) is 0 Å². The fourth-order valence-electron chi connectivity index (χ4n) is 0.993. The lowest BCUT2D eigenvalue weighted by Gasteiger charge is -2.05. The van der Waals surface area contributed by atoms with Crippen molar-refractivity contribution in [2.45, 2.75) is 0 Å². The number of hydrogen-bond donors (Lipinski definition) is 1. The third-order valence-corrected chi connectivity index (χ3v) is 1.67. The van der Waals surface area contributed by atoms with Crippen LogP contribution in [0.5, 0.6) is 5.75 Å². The van der Waals surface area contributed by atoms with Gasteiger partial charge < -0.3 is 10.1 Å². The van der Waals surface area contributed by atoms with Gasteiger partial charge in [-0.3, -0.25) is 10.1 Å². The van der Waals surface area contributed by atoms with Crippen LogP contribution < -0.4 is 10.1 Å². The van der Waals surface area contributed by atoms with E-state index in [1.165, 1.54) is 6.07 Å². The van der Waals surface area contributed by atoms with Gasteiger partial charge in [0.1, 0.15) is 6.61 Å². The summed E-state index contributed by atoms with van der Waals surface area (Å²) >= 11 is 0. The number of likely N-dealkylation sites (N-methyl/N-ethyl adjacent to an activating group) is 1. The van der Waals surface area contributed by atoms with Crippen LogP contribution in [0.25, 0.3) is 0 Å². The monoisotopic (exact) mass is 196 g/mol. The number of nitrogens with one attached hydrogen (secondary N) is 1. The molecule has 0 atom stereocenters. The van der Waals surface area contributed by atoms with Crippen LogP contribution in [-0.4, -0.2) is 25.1 Å². The van der Waals surface area contributed by atoms with Crippen molar-refractivity contribution in [3.8, 4) is 5.75 Å². The molecule has 14 heavy (non-hydrogen) atoms. The maximum atomic E-state index is 10.6. The highest BCUT2D eigenvalue weighted by atomic mass is 16.6. The van der Waals surface area contributed by atoms with Crippen LogP contribution in [0.2, 0.25) is 0 Å². The maximum Gasteiger partial charge on any atom is 0.310 e. The first-order valence-corrected chi connectivity index (χ1v) is 4.26. The van der Waals surface area contributed by atoms with E-state index in [2.05, 4.69) is 5.32 Å². The Morgan fingerprint density at radius 2 is 2.21 bits per heavy atom. The second-order valence-corrected chi connectivity index (χ2v) is 2.68. The molecule has 76 valence electrons. The van der Waals surface area contributed by atoms with Crippen LogP contribution >= 0.6 is 0 Å². The van der Waals surface area contributed by atoms with Crippen LogP contribution in [0.1, 0.15) is 0 Å². The number of para-hydroxylation sites is 2. The van der Waals surface area contributed by atoms with Gasteiger partial charge in [0.2, 0.25) is 0 Å². The first-order valence-electron chi connectivity index (χ1n) is 4.26. The Morgan fingerprint density at radius 1 is 1.50 bits per heavy atom. The SMILES string of the molecule is CNCCOc1ccccc1[N+](=O)[O-]. The Labute approximate surface area is 81.8 Å². The molecule has 1 aromatic rings. The first-order chi connectivity index (χ1) is 6.75. The Hall–Kier alpha value is -1.62. The van der Waals surface area contributed by atoms with Crippen LogP contribution in [0.15, 0.2) is 24.3 Å². The van der Waals surface area contributed by atoms with Gasteiger partial charge in [-0.05, 0) is 13.1 Å². The number of nitro benzene ring substituents is 1. The summed E-state index contributed by atoms with van der Waals surface area (Å²) in [5.41, 5.74) is 0.00334. The van der Waals surface area contributed by atoms with E-state index < -0.39 is 4.92 Å². The molecule has 0 aliphatic heterocycles. The van der Waals surface area contributed by atoms with E-state index >= 15 is 0 Å². The van der Waals surface area contributed by atoms with Gasteiger partial charge in [0, 0.05) is 12.6 Å². The summed E-state index contributed by atoms with van der Waals surface area (Å²) in [6.07, 6.45) is 0. The average Bonchev–Trinajstić information content (AvgIpc) is 2.19. The number of nitrogens with zero attached hydrogens (tertiary/aromatic N) is 1. The molecular weight excluding hydrogens is 184 g/mol. The lowest BCUT2D eigenvalue weighted by Crippen LogP contribution is -2.16. The molecule has 0 fully saturated rings. The van der Waals surface area contributed by atoms with E-state index in [0.29, 0.717) is 18.9 Å². The topological polar surface area (TPSA) is 64.4 Å². The zero-order valence-electron chi connectivity index (χ0n) is 7.90. The highest BCUT2D eigenvalue weighted by Crippen LogP contribution is 2.25. The zero-order valence-corrected chi connectivity index (χ0v) is 7.90. The van der Waals surface area contributed by atoms with Crippen molar-refractivity contribution in [3.05, 3.63) is 34.4 Å². The van der Waals surface area contributed by atoms with E-state index in [0.717, 1.165) is 0 Å². The molecule has 0 radical (unpaired) electrons. The Kier molecular flexibility index (Phi) is 3.87. The van der Waals surface area contributed by atoms with Crippen molar-refractivity contribution in [1.29, 1.82) is 0 Å². The molecule has 0 aromatic heterocycles. The molecular formula is C9H12N2O3. The minimum Gasteiger partial charge on any atom is -0.485 e. The summed E-state index contributed by atoms with van der Waals surface area (Å²) in [6.45, 7) is 1.08. The van der Waals surface area contributed by atoms with Crippen molar-refractivity contribution in [1.82, 2.24) is 5.32 Å². The molecule has 0 aliphatic carbocycles. The predicted molar refractivity (Wildman–Crippen MR) is 52.5 cm³/mol. The number of ether oxygens (including phenoxy) is 1. The van der Waals surface area contributed by atoms with Gasteiger partial charge in [-0.1, -0.05) is 12.1 Å². The molecule has 0 bridgehead atoms. The van der Waals surface area contributed by atoms with Gasteiger partial charge in [0.25, 0.3) is 0 Å². The van der Waals surface area contributed by atoms with Gasteiger partial charge in [0.05, 0.1) is 4.92 Å². The number of rotatable bonds is 5. The molecule has 5 nitrogen and oxygen atoms in total. The molecule has 0 amide bonds. The van der Waals surface area contributed by atoms with Crippen molar-refractivity contribution in [2.24, 2.45) is 0 Å². The van der Waals surface area contributed by atoms with Crippen molar-refractivity contribution in [2.75, 3.05) is 20.2 Å². The fourth-order valence-corrected chi connectivity index (χ4v) is 0.993. The highest BCUT2D eigenvalue weighted by Gasteiger charge is 2.12. The number of benzene rings is 1. The van der Waals surface area contributed by atoms with Gasteiger partial charge >= 0.3 is 5.69 Å². The Morgan fingerprint density at radius 3 is 2.86 bits per heavy atom. The largest absolute Gasteiger partial charge is 0.485 e. The molecule has 0 saturated carbocycles. The summed E-state index contributed by atoms with van der Waals surface area (Å²) in [6, 6.07) is 6.34. The molecule has 0 unspecified atom stereocenters. The van der Waals surface area contributed by atoms with Gasteiger partial charge in [-0.15, -0.1) is 0 Å². The van der Waals surface area contributed by atoms with Crippen LogP contribution in [0.4, 0.5) is 5.69 Å². The lowest BCUT2D eigenvalue weighted by atomic mass is 10.3. The van der Waals surface area contributed by atoms with E-state index in [9.17, 15) is 10.1 Å². The summed E-state index contributed by atoms with van der Waals surface area (Å²) in [7, 11) is 1.79. The van der Waals surface area contributed by atoms with Crippen molar-refractivity contribution >= 4 is 5.69 Å². The second-order valence-electron chi connectivity index (χ2n) is 2.68. The second kappa shape index (κ2) is 5.18. The summed E-state index contributed by atoms with van der Waals surface area (Å²) in [4.78, 5) is 10.1. The molecule has 0 aliphatic rings. The standard InChI is InChI=1S/C9H12N2O3/c1-10-6-7-14-9-5-3-2-4-8(9)11(12)13/h2-5,10H,6-7H2,1H3. The summed E-state index contributed by atoms with van der Waals surface area (Å²) in [5.74, 6) is 0.313. The smallest absolute Gasteiger partial charge is 0.310 e. The Bertz CT molecular complexity index is 315. The maximum absolute atomic E-state index is 10.6. The molecule has 0 spiro atoms. The van der Waals surface area contributed by atoms with Gasteiger partial charge in [-0.25, -0.2) is 0 Å². The quantitative estimate of drug-likeness (QED) is 0.436. The lowest BCUT2D eigenvalue weighted by molar-refractivity contribution is -0.385. The van der Waals surface area contributed by atoms with Crippen molar-refractivity contribution < 1.29 is 9.66 Å². The predicted octanol–water partition coefficient (Wildman–Crippen LogP) is 1.19. The molecule has 1 aromatic carbocycles. The van der Waals surface area contributed by atoms with E-state index in [1.54, 1.807) is 25.2 Å². The minimum atomic E-state index is -0.450. The molecule has 1 N–H and O–H groups in total. The summed E-state index contributed by atoms with van der Waals surface area (Å²) < 4.78 is 5.23.